The molecule has 0 bridgehead atoms. The fraction of sp³-hybridized carbons (Fsp3) is 0.357. The van der Waals surface area contributed by atoms with Gasteiger partial charge in [-0.1, -0.05) is 12.1 Å². The summed E-state index contributed by atoms with van der Waals surface area (Å²) in [4.78, 5) is 10.7. The maximum atomic E-state index is 13.1. The molecule has 5 heteroatoms. The Morgan fingerprint density at radius 1 is 1.32 bits per heavy atom. The second-order valence-electron chi connectivity index (χ2n) is 4.71. The van der Waals surface area contributed by atoms with Gasteiger partial charge in [-0.05, 0) is 26.0 Å². The van der Waals surface area contributed by atoms with Crippen LogP contribution in [0.2, 0.25) is 0 Å². The van der Waals surface area contributed by atoms with Crippen molar-refractivity contribution in [1.82, 2.24) is 4.57 Å². The van der Waals surface area contributed by atoms with Gasteiger partial charge in [-0.3, -0.25) is 0 Å². The van der Waals surface area contributed by atoms with E-state index in [1.165, 1.54) is 6.07 Å². The van der Waals surface area contributed by atoms with Crippen LogP contribution in [0, 0.1) is 0 Å². The number of alkyl halides is 3. The Morgan fingerprint density at radius 3 is 2.53 bits per heavy atom. The fourth-order valence-electron chi connectivity index (χ4n) is 2.40. The van der Waals surface area contributed by atoms with Crippen LogP contribution in [0.1, 0.15) is 31.1 Å². The van der Waals surface area contributed by atoms with Crippen LogP contribution in [0.25, 0.3) is 10.9 Å². The number of hydrogen-bond donors (Lipinski definition) is 0. The van der Waals surface area contributed by atoms with E-state index < -0.39 is 11.7 Å². The minimum absolute atomic E-state index is 0.115. The van der Waals surface area contributed by atoms with E-state index in [1.807, 2.05) is 0 Å². The first kappa shape index (κ1) is 13.6. The molecule has 102 valence electrons. The van der Waals surface area contributed by atoms with Crippen LogP contribution in [0.15, 0.2) is 24.3 Å². The van der Waals surface area contributed by atoms with Crippen LogP contribution in [-0.4, -0.2) is 10.9 Å². The zero-order valence-electron chi connectivity index (χ0n) is 10.7. The summed E-state index contributed by atoms with van der Waals surface area (Å²) in [6.07, 6.45) is -3.58. The van der Waals surface area contributed by atoms with E-state index >= 15 is 0 Å². The third kappa shape index (κ3) is 2.37. The molecule has 19 heavy (non-hydrogen) atoms. The molecule has 0 radical (unpaired) electrons. The monoisotopic (exact) mass is 269 g/mol. The van der Waals surface area contributed by atoms with Gasteiger partial charge < -0.3 is 9.36 Å². The van der Waals surface area contributed by atoms with Gasteiger partial charge in [-0.15, -0.1) is 0 Å². The van der Waals surface area contributed by atoms with Crippen molar-refractivity contribution in [2.75, 3.05) is 0 Å². The minimum Gasteiger partial charge on any atom is -0.341 e. The van der Waals surface area contributed by atoms with Crippen LogP contribution in [-0.2, 0) is 17.4 Å². The van der Waals surface area contributed by atoms with Crippen molar-refractivity contribution in [2.45, 2.75) is 32.5 Å². The number of aromatic nitrogens is 1. The summed E-state index contributed by atoms with van der Waals surface area (Å²) < 4.78 is 40.8. The lowest BCUT2D eigenvalue weighted by Gasteiger charge is -2.17. The summed E-state index contributed by atoms with van der Waals surface area (Å²) in [5.74, 6) is 0. The molecule has 1 aromatic carbocycles. The van der Waals surface area contributed by atoms with Crippen molar-refractivity contribution in [1.29, 1.82) is 0 Å². The summed E-state index contributed by atoms with van der Waals surface area (Å²) in [6.45, 7) is 3.61. The van der Waals surface area contributed by atoms with Gasteiger partial charge >= 0.3 is 6.18 Å². The van der Waals surface area contributed by atoms with Crippen molar-refractivity contribution in [3.05, 3.63) is 35.5 Å². The largest absolute Gasteiger partial charge is 0.418 e. The number of para-hydroxylation sites is 1. The molecular formula is C14H14F3NO. The zero-order chi connectivity index (χ0) is 14.2. The van der Waals surface area contributed by atoms with Crippen LogP contribution < -0.4 is 0 Å². The van der Waals surface area contributed by atoms with E-state index in [0.29, 0.717) is 17.4 Å². The first-order valence-corrected chi connectivity index (χ1v) is 6.00. The SMILES string of the molecule is CC(C)n1c(CC=O)cc2cccc(C(F)(F)F)c21. The summed E-state index contributed by atoms with van der Waals surface area (Å²) in [5, 5.41) is 0.514. The summed E-state index contributed by atoms with van der Waals surface area (Å²) in [6, 6.07) is 5.61. The first-order valence-electron chi connectivity index (χ1n) is 6.00. The molecule has 0 saturated heterocycles. The van der Waals surface area contributed by atoms with E-state index in [2.05, 4.69) is 0 Å². The molecule has 2 aromatic rings. The molecule has 0 N–H and O–H groups in total. The Hall–Kier alpha value is -1.78. The van der Waals surface area contributed by atoms with Crippen molar-refractivity contribution in [2.24, 2.45) is 0 Å². The van der Waals surface area contributed by atoms with Crippen LogP contribution in [0.5, 0.6) is 0 Å². The standard InChI is InChI=1S/C14H14F3NO/c1-9(2)18-11(6-7-19)8-10-4-3-5-12(13(10)18)14(15,16)17/h3-5,7-9H,6H2,1-2H3. The number of aldehydes is 1. The van der Waals surface area contributed by atoms with E-state index in [4.69, 9.17) is 0 Å². The molecule has 0 unspecified atom stereocenters. The zero-order valence-corrected chi connectivity index (χ0v) is 10.7. The number of benzene rings is 1. The Bertz CT molecular complexity index is 611. The molecule has 0 saturated carbocycles. The Balaban J connectivity index is 2.83. The predicted octanol–water partition coefficient (Wildman–Crippen LogP) is 3.98. The van der Waals surface area contributed by atoms with Gasteiger partial charge in [0.25, 0.3) is 0 Å². The molecule has 2 nitrogen and oxygen atoms in total. The van der Waals surface area contributed by atoms with Crippen molar-refractivity contribution >= 4 is 17.2 Å². The van der Waals surface area contributed by atoms with Gasteiger partial charge in [-0.25, -0.2) is 0 Å². The van der Waals surface area contributed by atoms with Crippen molar-refractivity contribution < 1.29 is 18.0 Å². The van der Waals surface area contributed by atoms with E-state index in [0.717, 1.165) is 6.07 Å². The quantitative estimate of drug-likeness (QED) is 0.772. The minimum atomic E-state index is -4.40. The molecule has 0 fully saturated rings. The Kier molecular flexibility index (Phi) is 3.39. The highest BCUT2D eigenvalue weighted by molar-refractivity contribution is 5.86. The third-order valence-corrected chi connectivity index (χ3v) is 3.05. The Morgan fingerprint density at radius 2 is 2.00 bits per heavy atom. The smallest absolute Gasteiger partial charge is 0.341 e. The van der Waals surface area contributed by atoms with Crippen LogP contribution >= 0.6 is 0 Å². The second kappa shape index (κ2) is 4.72. The highest BCUT2D eigenvalue weighted by atomic mass is 19.4. The highest BCUT2D eigenvalue weighted by Crippen LogP contribution is 2.37. The van der Waals surface area contributed by atoms with Crippen molar-refractivity contribution in [3.63, 3.8) is 0 Å². The van der Waals surface area contributed by atoms with E-state index in [1.54, 1.807) is 30.5 Å². The average molecular weight is 269 g/mol. The average Bonchev–Trinajstić information content (AvgIpc) is 2.65. The lowest BCUT2D eigenvalue weighted by atomic mass is 10.1. The fourth-order valence-corrected chi connectivity index (χ4v) is 2.40. The van der Waals surface area contributed by atoms with Crippen LogP contribution in [0.4, 0.5) is 13.2 Å². The molecule has 1 heterocycles. The topological polar surface area (TPSA) is 22.0 Å². The molecule has 0 amide bonds. The van der Waals surface area contributed by atoms with Crippen molar-refractivity contribution in [3.8, 4) is 0 Å². The highest BCUT2D eigenvalue weighted by Gasteiger charge is 2.34. The molecule has 0 spiro atoms. The predicted molar refractivity (Wildman–Crippen MR) is 67.1 cm³/mol. The van der Waals surface area contributed by atoms with Gasteiger partial charge in [0.15, 0.2) is 0 Å². The number of rotatable bonds is 3. The molecular weight excluding hydrogens is 255 g/mol. The third-order valence-electron chi connectivity index (χ3n) is 3.05. The lowest BCUT2D eigenvalue weighted by Crippen LogP contribution is -2.11. The molecule has 0 atom stereocenters. The number of carbonyl (C=O) groups excluding carboxylic acids is 1. The van der Waals surface area contributed by atoms with Gasteiger partial charge in [0, 0.05) is 23.5 Å². The van der Waals surface area contributed by atoms with Gasteiger partial charge in [0.1, 0.15) is 6.29 Å². The number of hydrogen-bond acceptors (Lipinski definition) is 1. The van der Waals surface area contributed by atoms with E-state index in [9.17, 15) is 18.0 Å². The second-order valence-corrected chi connectivity index (χ2v) is 4.71. The molecule has 0 aliphatic rings. The number of nitrogens with zero attached hydrogens (tertiary/aromatic N) is 1. The van der Waals surface area contributed by atoms with Gasteiger partial charge in [0.2, 0.25) is 0 Å². The molecule has 1 aromatic heterocycles. The first-order chi connectivity index (χ1) is 8.86. The Labute approximate surface area is 108 Å². The maximum Gasteiger partial charge on any atom is 0.418 e. The molecule has 0 aliphatic heterocycles. The van der Waals surface area contributed by atoms with Crippen LogP contribution in [0.3, 0.4) is 0 Å². The molecule has 0 aliphatic carbocycles. The van der Waals surface area contributed by atoms with Gasteiger partial charge in [0.05, 0.1) is 11.1 Å². The van der Waals surface area contributed by atoms with E-state index in [-0.39, 0.29) is 18.0 Å². The van der Waals surface area contributed by atoms with Gasteiger partial charge in [-0.2, -0.15) is 13.2 Å². The molecule has 2 rings (SSSR count). The number of carbonyl (C=O) groups is 1. The lowest BCUT2D eigenvalue weighted by molar-refractivity contribution is -0.136. The summed E-state index contributed by atoms with van der Waals surface area (Å²) >= 11 is 0. The summed E-state index contributed by atoms with van der Waals surface area (Å²) in [7, 11) is 0. The number of halogens is 3. The number of fused-ring (bicyclic) bond motifs is 1. The summed E-state index contributed by atoms with van der Waals surface area (Å²) in [5.41, 5.74) is 0.106. The normalized spacial score (nSPS) is 12.3. The maximum absolute atomic E-state index is 13.1.